The Labute approximate surface area is 156 Å². The molecule has 1 fully saturated rings. The number of nitrogens with one attached hydrogen (secondary N) is 1. The second-order valence-electron chi connectivity index (χ2n) is 6.88. The lowest BCUT2D eigenvalue weighted by atomic mass is 9.62. The van der Waals surface area contributed by atoms with Gasteiger partial charge in [-0.2, -0.15) is 0 Å². The maximum atomic E-state index is 13.0. The van der Waals surface area contributed by atoms with Crippen LogP contribution in [0.1, 0.15) is 40.6 Å². The molecule has 4 rings (SSSR count). The predicted molar refractivity (Wildman–Crippen MR) is 98.3 cm³/mol. The van der Waals surface area contributed by atoms with Crippen LogP contribution in [0.15, 0.2) is 12.2 Å². The van der Waals surface area contributed by atoms with Crippen LogP contribution in [0.4, 0.5) is 5.00 Å². The van der Waals surface area contributed by atoms with Crippen LogP contribution in [0.3, 0.4) is 0 Å². The van der Waals surface area contributed by atoms with Gasteiger partial charge in [0.25, 0.3) is 0 Å². The Balaban J connectivity index is 1.88. The Morgan fingerprint density at radius 2 is 1.81 bits per heavy atom. The van der Waals surface area contributed by atoms with Gasteiger partial charge in [-0.05, 0) is 51.0 Å². The third-order valence-electron chi connectivity index (χ3n) is 5.44. The van der Waals surface area contributed by atoms with Crippen LogP contribution in [-0.4, -0.2) is 29.6 Å². The summed E-state index contributed by atoms with van der Waals surface area (Å²) < 4.78 is 5.11. The molecule has 1 amide bonds. The van der Waals surface area contributed by atoms with E-state index in [4.69, 9.17) is 4.74 Å². The summed E-state index contributed by atoms with van der Waals surface area (Å²) in [6.45, 7) is 5.68. The molecule has 1 saturated carbocycles. The number of aliphatic carboxylic acids is 1. The van der Waals surface area contributed by atoms with Crippen LogP contribution in [0.5, 0.6) is 0 Å². The van der Waals surface area contributed by atoms with Crippen LogP contribution in [0.2, 0.25) is 0 Å². The van der Waals surface area contributed by atoms with Crippen LogP contribution in [0, 0.1) is 37.5 Å². The van der Waals surface area contributed by atoms with Gasteiger partial charge in [0.1, 0.15) is 5.00 Å². The predicted octanol–water partition coefficient (Wildman–Crippen LogP) is 3.39. The van der Waals surface area contributed by atoms with Gasteiger partial charge in [-0.3, -0.25) is 9.59 Å². The number of esters is 1. The quantitative estimate of drug-likeness (QED) is 0.606. The fourth-order valence-corrected chi connectivity index (χ4v) is 5.10. The van der Waals surface area contributed by atoms with Crippen LogP contribution >= 0.6 is 11.3 Å². The van der Waals surface area contributed by atoms with Gasteiger partial charge in [-0.25, -0.2) is 4.79 Å². The van der Waals surface area contributed by atoms with Crippen LogP contribution in [-0.2, 0) is 14.3 Å². The number of carbonyl (C=O) groups excluding carboxylic acids is 2. The minimum Gasteiger partial charge on any atom is -0.481 e. The van der Waals surface area contributed by atoms with Gasteiger partial charge in [-0.1, -0.05) is 12.2 Å². The summed E-state index contributed by atoms with van der Waals surface area (Å²) in [6, 6.07) is 0. The highest BCUT2D eigenvalue weighted by molar-refractivity contribution is 7.16. The van der Waals surface area contributed by atoms with Gasteiger partial charge >= 0.3 is 11.9 Å². The number of aryl methyl sites for hydroxylation is 1. The van der Waals surface area contributed by atoms with E-state index in [1.807, 2.05) is 26.0 Å². The largest absolute Gasteiger partial charge is 0.481 e. The van der Waals surface area contributed by atoms with Gasteiger partial charge in [-0.15, -0.1) is 11.3 Å². The van der Waals surface area contributed by atoms with Crippen molar-refractivity contribution in [3.63, 3.8) is 0 Å². The average Bonchev–Trinajstić information content (AvgIpc) is 2.89. The maximum absolute atomic E-state index is 13.0. The summed E-state index contributed by atoms with van der Waals surface area (Å²) in [7, 11) is 0. The summed E-state index contributed by atoms with van der Waals surface area (Å²) in [4.78, 5) is 37.9. The third-order valence-corrected chi connectivity index (χ3v) is 6.56. The summed E-state index contributed by atoms with van der Waals surface area (Å²) >= 11 is 1.32. The first-order valence-electron chi connectivity index (χ1n) is 8.84. The van der Waals surface area contributed by atoms with Gasteiger partial charge in [0.05, 0.1) is 24.0 Å². The van der Waals surface area contributed by atoms with E-state index in [-0.39, 0.29) is 24.3 Å². The third kappa shape index (κ3) is 3.16. The molecule has 4 atom stereocenters. The van der Waals surface area contributed by atoms with Crippen molar-refractivity contribution in [1.82, 2.24) is 0 Å². The molecule has 0 unspecified atom stereocenters. The normalized spacial score (nSPS) is 26.6. The van der Waals surface area contributed by atoms with Crippen molar-refractivity contribution >= 4 is 34.2 Å². The van der Waals surface area contributed by atoms with Crippen LogP contribution < -0.4 is 5.32 Å². The van der Waals surface area contributed by atoms with Gasteiger partial charge in [0, 0.05) is 4.88 Å². The number of carboxylic acids is 1. The Morgan fingerprint density at radius 3 is 2.35 bits per heavy atom. The van der Waals surface area contributed by atoms with Gasteiger partial charge in [0.15, 0.2) is 0 Å². The molecule has 0 radical (unpaired) electrons. The van der Waals surface area contributed by atoms with Crippen LogP contribution in [0.25, 0.3) is 0 Å². The van der Waals surface area contributed by atoms with E-state index in [2.05, 4.69) is 5.32 Å². The number of rotatable bonds is 5. The highest BCUT2D eigenvalue weighted by atomic mass is 32.1. The second-order valence-corrected chi connectivity index (χ2v) is 8.10. The van der Waals surface area contributed by atoms with Crippen molar-refractivity contribution in [2.75, 3.05) is 11.9 Å². The van der Waals surface area contributed by atoms with Crippen molar-refractivity contribution < 1.29 is 24.2 Å². The number of fused-ring (bicyclic) bond motifs is 2. The Kier molecular flexibility index (Phi) is 5.18. The number of thiophene rings is 1. The fourth-order valence-electron chi connectivity index (χ4n) is 4.05. The molecule has 0 aliphatic heterocycles. The van der Waals surface area contributed by atoms with E-state index in [0.717, 1.165) is 23.3 Å². The number of ether oxygens (including phenoxy) is 1. The molecule has 1 heterocycles. The molecule has 3 aliphatic carbocycles. The molecule has 0 aromatic carbocycles. The van der Waals surface area contributed by atoms with E-state index < -0.39 is 23.8 Å². The summed E-state index contributed by atoms with van der Waals surface area (Å²) in [5.74, 6) is -3.25. The number of amides is 1. The SMILES string of the molecule is CCOC(=O)c1c(NC(=O)[C@@H]2[C@H](C(=O)O)[C@H]3C=C[C@H]2CC3)sc(C)c1C. The van der Waals surface area contributed by atoms with E-state index in [9.17, 15) is 19.5 Å². The minimum absolute atomic E-state index is 0.0747. The Morgan fingerprint density at radius 1 is 1.19 bits per heavy atom. The van der Waals surface area contributed by atoms with Crippen molar-refractivity contribution in [3.05, 3.63) is 28.2 Å². The molecule has 6 nitrogen and oxygen atoms in total. The monoisotopic (exact) mass is 377 g/mol. The molecule has 140 valence electrons. The van der Waals surface area contributed by atoms with Gasteiger partial charge < -0.3 is 15.2 Å². The van der Waals surface area contributed by atoms with Gasteiger partial charge in [0.2, 0.25) is 5.91 Å². The Bertz CT molecular complexity index is 781. The topological polar surface area (TPSA) is 92.7 Å². The molecular weight excluding hydrogens is 354 g/mol. The first-order valence-corrected chi connectivity index (χ1v) is 9.65. The number of allylic oxidation sites excluding steroid dienone is 2. The van der Waals surface area contributed by atoms with Crippen molar-refractivity contribution in [2.24, 2.45) is 23.7 Å². The zero-order valence-corrected chi connectivity index (χ0v) is 15.9. The summed E-state index contributed by atoms with van der Waals surface area (Å²) in [6.07, 6.45) is 5.51. The lowest BCUT2D eigenvalue weighted by Crippen LogP contribution is -2.47. The molecule has 2 bridgehead atoms. The number of carbonyl (C=O) groups is 3. The summed E-state index contributed by atoms with van der Waals surface area (Å²) in [5, 5.41) is 12.9. The lowest BCUT2D eigenvalue weighted by Gasteiger charge is -2.41. The Hall–Kier alpha value is -2.15. The first kappa shape index (κ1) is 18.6. The highest BCUT2D eigenvalue weighted by Crippen LogP contribution is 2.46. The molecule has 1 aromatic rings. The minimum atomic E-state index is -0.937. The van der Waals surface area contributed by atoms with E-state index in [1.165, 1.54) is 11.3 Å². The molecule has 26 heavy (non-hydrogen) atoms. The van der Waals surface area contributed by atoms with Crippen molar-refractivity contribution in [1.29, 1.82) is 0 Å². The zero-order chi connectivity index (χ0) is 19.0. The van der Waals surface area contributed by atoms with E-state index >= 15 is 0 Å². The van der Waals surface area contributed by atoms with E-state index in [0.29, 0.717) is 10.6 Å². The molecular formula is C19H23NO5S. The molecule has 0 spiro atoms. The molecule has 2 N–H and O–H groups in total. The number of carboxylic acid groups (broad SMARTS) is 1. The van der Waals surface area contributed by atoms with Crippen molar-refractivity contribution in [3.8, 4) is 0 Å². The number of hydrogen-bond donors (Lipinski definition) is 2. The molecule has 7 heteroatoms. The zero-order valence-electron chi connectivity index (χ0n) is 15.1. The summed E-state index contributed by atoms with van der Waals surface area (Å²) in [5.41, 5.74) is 1.15. The van der Waals surface area contributed by atoms with Crippen molar-refractivity contribution in [2.45, 2.75) is 33.6 Å². The number of anilines is 1. The number of hydrogen-bond acceptors (Lipinski definition) is 5. The lowest BCUT2D eigenvalue weighted by molar-refractivity contribution is -0.151. The smallest absolute Gasteiger partial charge is 0.341 e. The molecule has 1 aromatic heterocycles. The standard InChI is InChI=1S/C19H23NO5S/c1-4-25-19(24)13-9(2)10(3)26-17(13)20-16(21)14-11-5-7-12(8-6-11)15(14)18(22)23/h5,7,11-12,14-15H,4,6,8H2,1-3H3,(H,20,21)(H,22,23)/t11-,12-,14-,15+/m0/s1. The molecule has 0 saturated heterocycles. The maximum Gasteiger partial charge on any atom is 0.341 e. The highest BCUT2D eigenvalue weighted by Gasteiger charge is 2.48. The molecule has 3 aliphatic rings. The van der Waals surface area contributed by atoms with E-state index in [1.54, 1.807) is 6.92 Å². The fraction of sp³-hybridized carbons (Fsp3) is 0.526. The second kappa shape index (κ2) is 7.23. The average molecular weight is 377 g/mol. The first-order chi connectivity index (χ1) is 12.3.